The van der Waals surface area contributed by atoms with Crippen LogP contribution in [0.25, 0.3) is 21.0 Å². The van der Waals surface area contributed by atoms with Gasteiger partial charge in [-0.15, -0.1) is 11.3 Å². The van der Waals surface area contributed by atoms with Crippen molar-refractivity contribution in [1.29, 1.82) is 0 Å². The van der Waals surface area contributed by atoms with E-state index in [1.54, 1.807) is 29.7 Å². The van der Waals surface area contributed by atoms with Gasteiger partial charge < -0.3 is 14.2 Å². The molecule has 1 aliphatic heterocycles. The topological polar surface area (TPSA) is 71.5 Å². The normalized spacial score (nSPS) is 16.0. The molecule has 1 N–H and O–H groups in total. The molecule has 1 atom stereocenters. The highest BCUT2D eigenvalue weighted by Gasteiger charge is 2.25. The minimum absolute atomic E-state index is 0.0305. The Morgan fingerprint density at radius 3 is 2.77 bits per heavy atom. The second kappa shape index (κ2) is 8.45. The third-order valence-electron chi connectivity index (χ3n) is 5.49. The maximum absolute atomic E-state index is 12.7. The number of nitrogens with zero attached hydrogens (tertiary/aromatic N) is 2. The monoisotopic (exact) mass is 421 g/mol. The van der Waals surface area contributed by atoms with Crippen LogP contribution in [0.1, 0.15) is 41.6 Å². The van der Waals surface area contributed by atoms with E-state index in [0.29, 0.717) is 18.1 Å². The molecule has 30 heavy (non-hydrogen) atoms. The van der Waals surface area contributed by atoms with Crippen LogP contribution >= 0.6 is 11.3 Å². The van der Waals surface area contributed by atoms with Gasteiger partial charge in [0.15, 0.2) is 16.5 Å². The lowest BCUT2D eigenvalue weighted by atomic mass is 10.1. The van der Waals surface area contributed by atoms with E-state index in [9.17, 15) is 4.79 Å². The molecule has 4 heterocycles. The fourth-order valence-corrected chi connectivity index (χ4v) is 4.88. The number of hydrogen-bond acceptors (Lipinski definition) is 6. The fourth-order valence-electron chi connectivity index (χ4n) is 3.95. The molecule has 154 valence electrons. The molecule has 7 heteroatoms. The van der Waals surface area contributed by atoms with Gasteiger partial charge in [-0.2, -0.15) is 0 Å². The van der Waals surface area contributed by atoms with Crippen LogP contribution in [-0.4, -0.2) is 35.4 Å². The number of thiazole rings is 1. The van der Waals surface area contributed by atoms with Crippen LogP contribution in [0, 0.1) is 0 Å². The highest BCUT2D eigenvalue weighted by atomic mass is 32.1. The summed E-state index contributed by atoms with van der Waals surface area (Å²) in [5.74, 6) is 1.56. The van der Waals surface area contributed by atoms with Crippen molar-refractivity contribution in [2.75, 3.05) is 19.6 Å². The van der Waals surface area contributed by atoms with E-state index in [4.69, 9.17) is 8.83 Å². The van der Waals surface area contributed by atoms with Crippen molar-refractivity contribution >= 4 is 27.5 Å². The van der Waals surface area contributed by atoms with Crippen molar-refractivity contribution in [1.82, 2.24) is 15.2 Å². The molecule has 3 aromatic heterocycles. The zero-order chi connectivity index (χ0) is 20.3. The number of hydrogen-bond donors (Lipinski definition) is 1. The van der Waals surface area contributed by atoms with Gasteiger partial charge in [0, 0.05) is 6.54 Å². The summed E-state index contributed by atoms with van der Waals surface area (Å²) in [6, 6.07) is 15.4. The summed E-state index contributed by atoms with van der Waals surface area (Å²) in [7, 11) is 0. The van der Waals surface area contributed by atoms with Crippen molar-refractivity contribution in [3.05, 3.63) is 66.3 Å². The maximum atomic E-state index is 12.7. The van der Waals surface area contributed by atoms with Gasteiger partial charge >= 0.3 is 0 Å². The number of para-hydroxylation sites is 1. The number of fused-ring (bicyclic) bond motifs is 1. The third-order valence-corrected chi connectivity index (χ3v) is 6.54. The van der Waals surface area contributed by atoms with E-state index < -0.39 is 0 Å². The van der Waals surface area contributed by atoms with Crippen molar-refractivity contribution < 1.29 is 13.6 Å². The Labute approximate surface area is 178 Å². The fraction of sp³-hybridized carbons (Fsp3) is 0.304. The number of aromatic nitrogens is 1. The Bertz CT molecular complexity index is 1090. The van der Waals surface area contributed by atoms with Gasteiger partial charge in [0.05, 0.1) is 22.5 Å². The summed E-state index contributed by atoms with van der Waals surface area (Å²) in [4.78, 5) is 19.7. The third kappa shape index (κ3) is 3.91. The largest absolute Gasteiger partial charge is 0.468 e. The van der Waals surface area contributed by atoms with Crippen LogP contribution in [0.4, 0.5) is 0 Å². The smallest absolute Gasteiger partial charge is 0.287 e. The Morgan fingerprint density at radius 1 is 1.10 bits per heavy atom. The number of furan rings is 2. The second-order valence-corrected chi connectivity index (χ2v) is 8.52. The van der Waals surface area contributed by atoms with Gasteiger partial charge in [0.2, 0.25) is 0 Å². The van der Waals surface area contributed by atoms with E-state index >= 15 is 0 Å². The first-order chi connectivity index (χ1) is 14.8. The Morgan fingerprint density at radius 2 is 1.97 bits per heavy atom. The lowest BCUT2D eigenvalue weighted by molar-refractivity contribution is 0.0888. The number of likely N-dealkylation sites (tertiary alicyclic amines) is 1. The number of amides is 1. The summed E-state index contributed by atoms with van der Waals surface area (Å²) < 4.78 is 12.6. The molecule has 5 rings (SSSR count). The summed E-state index contributed by atoms with van der Waals surface area (Å²) in [5.41, 5.74) is 0.933. The lowest BCUT2D eigenvalue weighted by Gasteiger charge is -2.33. The van der Waals surface area contributed by atoms with E-state index in [1.807, 2.05) is 36.4 Å². The molecule has 1 saturated heterocycles. The lowest BCUT2D eigenvalue weighted by Crippen LogP contribution is -2.40. The Hall–Kier alpha value is -2.90. The summed E-state index contributed by atoms with van der Waals surface area (Å²) in [5, 5.41) is 3.80. The molecule has 0 unspecified atom stereocenters. The molecule has 1 amide bonds. The molecule has 4 aromatic rings. The Kier molecular flexibility index (Phi) is 5.38. The maximum Gasteiger partial charge on any atom is 0.287 e. The van der Waals surface area contributed by atoms with Crippen LogP contribution in [0.5, 0.6) is 0 Å². The highest BCUT2D eigenvalue weighted by Crippen LogP contribution is 2.31. The molecular formula is C23H23N3O3S. The number of piperidine rings is 1. The van der Waals surface area contributed by atoms with Crippen LogP contribution in [0.3, 0.4) is 0 Å². The summed E-state index contributed by atoms with van der Waals surface area (Å²) in [6.45, 7) is 2.51. The summed E-state index contributed by atoms with van der Waals surface area (Å²) in [6.07, 6.45) is 5.29. The van der Waals surface area contributed by atoms with Crippen molar-refractivity contribution in [2.24, 2.45) is 0 Å². The average Bonchev–Trinajstić information content (AvgIpc) is 3.54. The average molecular weight is 422 g/mol. The van der Waals surface area contributed by atoms with Gasteiger partial charge in [-0.3, -0.25) is 9.69 Å². The van der Waals surface area contributed by atoms with E-state index in [-0.39, 0.29) is 11.9 Å². The second-order valence-electron chi connectivity index (χ2n) is 7.49. The highest BCUT2D eigenvalue weighted by molar-refractivity contribution is 7.21. The predicted octanol–water partition coefficient (Wildman–Crippen LogP) is 5.11. The molecule has 6 nitrogen and oxygen atoms in total. The predicted molar refractivity (Wildman–Crippen MR) is 117 cm³/mol. The minimum Gasteiger partial charge on any atom is -0.468 e. The number of carbonyl (C=O) groups excluding carboxylic acids is 1. The first-order valence-corrected chi connectivity index (χ1v) is 11.1. The molecule has 0 radical (unpaired) electrons. The van der Waals surface area contributed by atoms with Crippen LogP contribution in [-0.2, 0) is 0 Å². The number of nitrogens with one attached hydrogen (secondary N) is 1. The quantitative estimate of drug-likeness (QED) is 0.469. The van der Waals surface area contributed by atoms with E-state index in [2.05, 4.69) is 15.2 Å². The zero-order valence-electron chi connectivity index (χ0n) is 16.5. The standard InChI is InChI=1S/C23H23N3O3S/c27-22(24-15-17(18-8-6-14-28-18)26-12-4-1-5-13-26)19-10-11-20(29-19)23-25-16-7-2-3-9-21(16)30-23/h2-3,6-11,14,17H,1,4-5,12-13,15H2,(H,24,27)/t17-/m1/s1. The van der Waals surface area contributed by atoms with Gasteiger partial charge in [0.25, 0.3) is 5.91 Å². The molecule has 0 saturated carbocycles. The molecule has 1 aliphatic rings. The zero-order valence-corrected chi connectivity index (χ0v) is 17.4. The van der Waals surface area contributed by atoms with Gasteiger partial charge in [-0.25, -0.2) is 4.98 Å². The van der Waals surface area contributed by atoms with Crippen LogP contribution in [0.15, 0.2) is 63.6 Å². The van der Waals surface area contributed by atoms with Gasteiger partial charge in [-0.05, 0) is 62.3 Å². The summed E-state index contributed by atoms with van der Waals surface area (Å²) >= 11 is 1.56. The number of carbonyl (C=O) groups is 1. The molecule has 1 aromatic carbocycles. The van der Waals surface area contributed by atoms with Crippen molar-refractivity contribution in [3.8, 4) is 10.8 Å². The minimum atomic E-state index is -0.226. The SMILES string of the molecule is O=C(NC[C@H](c1ccco1)N1CCCCC1)c1ccc(-c2nc3ccccc3s2)o1. The van der Waals surface area contributed by atoms with Gasteiger partial charge in [0.1, 0.15) is 5.76 Å². The van der Waals surface area contributed by atoms with Crippen molar-refractivity contribution in [3.63, 3.8) is 0 Å². The van der Waals surface area contributed by atoms with Crippen LogP contribution < -0.4 is 5.32 Å². The van der Waals surface area contributed by atoms with E-state index in [1.165, 1.54) is 19.3 Å². The number of rotatable bonds is 6. The van der Waals surface area contributed by atoms with E-state index in [0.717, 1.165) is 34.1 Å². The molecular weight excluding hydrogens is 398 g/mol. The Balaban J connectivity index is 1.29. The van der Waals surface area contributed by atoms with Gasteiger partial charge in [-0.1, -0.05) is 18.6 Å². The first kappa shape index (κ1) is 19.1. The first-order valence-electron chi connectivity index (χ1n) is 10.3. The molecule has 0 bridgehead atoms. The molecule has 0 spiro atoms. The van der Waals surface area contributed by atoms with Crippen LogP contribution in [0.2, 0.25) is 0 Å². The number of benzene rings is 1. The molecule has 0 aliphatic carbocycles. The van der Waals surface area contributed by atoms with Crippen molar-refractivity contribution in [2.45, 2.75) is 25.3 Å². The molecule has 1 fully saturated rings.